The van der Waals surface area contributed by atoms with Gasteiger partial charge in [-0.2, -0.15) is 0 Å². The highest BCUT2D eigenvalue weighted by atomic mass is 16.6. The third-order valence-electron chi connectivity index (χ3n) is 0.826. The topological polar surface area (TPSA) is 52.6 Å². The first-order chi connectivity index (χ1) is 5.07. The molecule has 11 heavy (non-hydrogen) atoms. The van der Waals surface area contributed by atoms with Crippen LogP contribution in [-0.4, -0.2) is 18.9 Å². The van der Waals surface area contributed by atoms with Crippen molar-refractivity contribution in [3.8, 4) is 0 Å². The fraction of sp³-hybridized carbons (Fsp3) is 0.429. The quantitative estimate of drug-likeness (QED) is 0.343. The number of carbonyl (C=O) groups is 2. The van der Waals surface area contributed by atoms with Gasteiger partial charge < -0.3 is 9.47 Å². The van der Waals surface area contributed by atoms with Gasteiger partial charge in [-0.25, -0.2) is 0 Å². The summed E-state index contributed by atoms with van der Waals surface area (Å²) in [4.78, 5) is 21.0. The fourth-order valence-corrected chi connectivity index (χ4v) is 0.441. The van der Waals surface area contributed by atoms with Crippen LogP contribution in [0.5, 0.6) is 0 Å². The van der Waals surface area contributed by atoms with Crippen LogP contribution in [0.4, 0.5) is 0 Å². The average molecular weight is 158 g/mol. The lowest BCUT2D eigenvalue weighted by Crippen LogP contribution is -2.06. The Morgan fingerprint density at radius 3 is 2.09 bits per heavy atom. The zero-order valence-electron chi connectivity index (χ0n) is 6.71. The van der Waals surface area contributed by atoms with Gasteiger partial charge in [0.1, 0.15) is 6.26 Å². The Morgan fingerprint density at radius 2 is 1.82 bits per heavy atom. The minimum Gasteiger partial charge on any atom is -0.500 e. The molecule has 0 aromatic rings. The van der Waals surface area contributed by atoms with Crippen molar-refractivity contribution in [3.05, 3.63) is 12.0 Å². The molecule has 0 spiro atoms. The molecule has 0 saturated carbocycles. The lowest BCUT2D eigenvalue weighted by Gasteiger charge is -2.00. The summed E-state index contributed by atoms with van der Waals surface area (Å²) in [5.41, 5.74) is 0. The van der Waals surface area contributed by atoms with Gasteiger partial charge in [0.05, 0.1) is 7.11 Å². The van der Waals surface area contributed by atoms with Gasteiger partial charge in [-0.3, -0.25) is 9.59 Å². The smallest absolute Gasteiger partial charge is 0.308 e. The van der Waals surface area contributed by atoms with Crippen LogP contribution >= 0.6 is 0 Å². The molecule has 0 aliphatic rings. The number of rotatable bonds is 3. The lowest BCUT2D eigenvalue weighted by atomic mass is 10.4. The minimum atomic E-state index is -0.538. The van der Waals surface area contributed by atoms with Crippen molar-refractivity contribution in [2.45, 2.75) is 13.8 Å². The molecule has 0 bridgehead atoms. The molecule has 0 unspecified atom stereocenters. The third kappa shape index (κ3) is 4.13. The number of ether oxygens (including phenoxy) is 2. The maximum atomic E-state index is 10.6. The summed E-state index contributed by atoms with van der Waals surface area (Å²) >= 11 is 0. The van der Waals surface area contributed by atoms with E-state index in [1.807, 2.05) is 0 Å². The van der Waals surface area contributed by atoms with Crippen molar-refractivity contribution < 1.29 is 19.1 Å². The van der Waals surface area contributed by atoms with Crippen molar-refractivity contribution in [2.24, 2.45) is 0 Å². The van der Waals surface area contributed by atoms with E-state index in [0.29, 0.717) is 0 Å². The van der Waals surface area contributed by atoms with E-state index in [1.54, 1.807) is 0 Å². The summed E-state index contributed by atoms with van der Waals surface area (Å²) in [6, 6.07) is 0. The van der Waals surface area contributed by atoms with Crippen molar-refractivity contribution in [1.82, 2.24) is 0 Å². The van der Waals surface area contributed by atoms with E-state index in [2.05, 4.69) is 9.47 Å². The number of methoxy groups -OCH3 is 1. The lowest BCUT2D eigenvalue weighted by molar-refractivity contribution is -0.140. The van der Waals surface area contributed by atoms with Crippen molar-refractivity contribution in [1.29, 1.82) is 0 Å². The molecule has 62 valence electrons. The van der Waals surface area contributed by atoms with E-state index >= 15 is 0 Å². The van der Waals surface area contributed by atoms with Gasteiger partial charge in [-0.1, -0.05) is 0 Å². The van der Waals surface area contributed by atoms with Crippen molar-refractivity contribution in [2.75, 3.05) is 7.11 Å². The van der Waals surface area contributed by atoms with Crippen LogP contribution in [0.25, 0.3) is 0 Å². The van der Waals surface area contributed by atoms with Crippen molar-refractivity contribution >= 4 is 11.8 Å². The van der Waals surface area contributed by atoms with Gasteiger partial charge in [0.15, 0.2) is 5.78 Å². The standard InChI is InChI=1S/C7H10O4/c1-5(8)7(4-10-3)11-6(2)9/h4H,1-3H3/b7-4+. The summed E-state index contributed by atoms with van der Waals surface area (Å²) in [5.74, 6) is -0.967. The maximum absolute atomic E-state index is 10.6. The van der Waals surface area contributed by atoms with Crippen LogP contribution in [-0.2, 0) is 19.1 Å². The van der Waals surface area contributed by atoms with Gasteiger partial charge in [-0.05, 0) is 0 Å². The van der Waals surface area contributed by atoms with Crippen LogP contribution in [0.3, 0.4) is 0 Å². The van der Waals surface area contributed by atoms with E-state index in [1.165, 1.54) is 21.0 Å². The molecule has 4 heteroatoms. The van der Waals surface area contributed by atoms with Crippen LogP contribution in [0, 0.1) is 0 Å². The van der Waals surface area contributed by atoms with E-state index < -0.39 is 5.97 Å². The van der Waals surface area contributed by atoms with Gasteiger partial charge >= 0.3 is 5.97 Å². The van der Waals surface area contributed by atoms with Crippen LogP contribution in [0.2, 0.25) is 0 Å². The molecule has 0 saturated heterocycles. The summed E-state index contributed by atoms with van der Waals surface area (Å²) in [5, 5.41) is 0. The summed E-state index contributed by atoms with van der Waals surface area (Å²) in [7, 11) is 1.37. The highest BCUT2D eigenvalue weighted by molar-refractivity contribution is 5.93. The zero-order chi connectivity index (χ0) is 8.85. The fourth-order valence-electron chi connectivity index (χ4n) is 0.441. The number of allylic oxidation sites excluding steroid dienone is 1. The molecule has 4 nitrogen and oxygen atoms in total. The minimum absolute atomic E-state index is 0.0833. The SMILES string of the molecule is CO/C=C(/OC(C)=O)C(C)=O. The highest BCUT2D eigenvalue weighted by Gasteiger charge is 2.07. The molecule has 0 amide bonds. The third-order valence-corrected chi connectivity index (χ3v) is 0.826. The molecule has 0 heterocycles. The Bertz CT molecular complexity index is 193. The number of carbonyl (C=O) groups excluding carboxylic acids is 2. The molecule has 0 atom stereocenters. The first-order valence-corrected chi connectivity index (χ1v) is 3.00. The van der Waals surface area contributed by atoms with Gasteiger partial charge in [0.2, 0.25) is 5.76 Å². The Hall–Kier alpha value is -1.32. The molecule has 0 radical (unpaired) electrons. The largest absolute Gasteiger partial charge is 0.500 e. The molecular weight excluding hydrogens is 148 g/mol. The second-order valence-corrected chi connectivity index (χ2v) is 1.87. The summed E-state index contributed by atoms with van der Waals surface area (Å²) < 4.78 is 9.01. The Labute approximate surface area is 64.8 Å². The Kier molecular flexibility index (Phi) is 3.95. The number of hydrogen-bond acceptors (Lipinski definition) is 4. The van der Waals surface area contributed by atoms with E-state index in [0.717, 1.165) is 6.26 Å². The Morgan fingerprint density at radius 1 is 1.27 bits per heavy atom. The molecule has 0 aromatic heterocycles. The molecule has 0 aliphatic carbocycles. The van der Waals surface area contributed by atoms with Gasteiger partial charge in [0, 0.05) is 13.8 Å². The molecular formula is C7H10O4. The second kappa shape index (κ2) is 4.49. The number of ketones is 1. The average Bonchev–Trinajstić information content (AvgIpc) is 1.86. The van der Waals surface area contributed by atoms with E-state index in [-0.39, 0.29) is 11.5 Å². The predicted octanol–water partition coefficient (Wildman–Crippen LogP) is 0.626. The number of esters is 1. The first-order valence-electron chi connectivity index (χ1n) is 3.00. The zero-order valence-corrected chi connectivity index (χ0v) is 6.71. The predicted molar refractivity (Wildman–Crippen MR) is 37.5 cm³/mol. The molecule has 0 fully saturated rings. The second-order valence-electron chi connectivity index (χ2n) is 1.87. The Balaban J connectivity index is 4.23. The molecule has 0 aliphatic heterocycles. The summed E-state index contributed by atoms with van der Waals surface area (Å²) in [6.07, 6.45) is 1.09. The van der Waals surface area contributed by atoms with Crippen LogP contribution < -0.4 is 0 Å². The normalized spacial score (nSPS) is 10.6. The highest BCUT2D eigenvalue weighted by Crippen LogP contribution is 1.98. The van der Waals surface area contributed by atoms with E-state index in [4.69, 9.17) is 0 Å². The molecule has 0 aromatic carbocycles. The van der Waals surface area contributed by atoms with Crippen LogP contribution in [0.1, 0.15) is 13.8 Å². The monoisotopic (exact) mass is 158 g/mol. The number of hydrogen-bond donors (Lipinski definition) is 0. The van der Waals surface area contributed by atoms with E-state index in [9.17, 15) is 9.59 Å². The van der Waals surface area contributed by atoms with Crippen LogP contribution in [0.15, 0.2) is 12.0 Å². The maximum Gasteiger partial charge on any atom is 0.308 e. The van der Waals surface area contributed by atoms with Crippen molar-refractivity contribution in [3.63, 3.8) is 0 Å². The first kappa shape index (κ1) is 9.68. The van der Waals surface area contributed by atoms with Gasteiger partial charge in [-0.15, -0.1) is 0 Å². The molecule has 0 N–H and O–H groups in total. The van der Waals surface area contributed by atoms with Gasteiger partial charge in [0.25, 0.3) is 0 Å². The number of Topliss-reactive ketones (excluding diaryl/α,β-unsaturated/α-hetero) is 1. The molecule has 0 rings (SSSR count). The summed E-state index contributed by atoms with van der Waals surface area (Å²) in [6.45, 7) is 2.50.